The van der Waals surface area contributed by atoms with Gasteiger partial charge >= 0.3 is 0 Å². The zero-order chi connectivity index (χ0) is 15.9. The summed E-state index contributed by atoms with van der Waals surface area (Å²) in [7, 11) is 0. The molecule has 0 saturated carbocycles. The van der Waals surface area contributed by atoms with Gasteiger partial charge in [0.25, 0.3) is 5.91 Å². The smallest absolute Gasteiger partial charge is 0.255 e. The molecular weight excluding hydrogens is 321 g/mol. The number of hydrogen-bond donors (Lipinski definition) is 2. The van der Waals surface area contributed by atoms with Crippen LogP contribution >= 0.6 is 12.4 Å². The van der Waals surface area contributed by atoms with Gasteiger partial charge in [-0.05, 0) is 32.0 Å². The Labute approximate surface area is 139 Å². The lowest BCUT2D eigenvalue weighted by atomic mass is 10.0. The molecule has 124 valence electrons. The number of hydrogen-bond acceptors (Lipinski definition) is 3. The lowest BCUT2D eigenvalue weighted by Crippen LogP contribution is -2.57. The SMILES string of the molecule is CC1NCCN(C(=O)c2cc(=O)[nH]c3cc(F)ccc23)C1C.Cl. The van der Waals surface area contributed by atoms with Gasteiger partial charge in [0.15, 0.2) is 0 Å². The first-order valence-electron chi connectivity index (χ1n) is 7.34. The first-order chi connectivity index (χ1) is 10.5. The summed E-state index contributed by atoms with van der Waals surface area (Å²) in [5, 5.41) is 3.87. The Balaban J connectivity index is 0.00000192. The summed E-state index contributed by atoms with van der Waals surface area (Å²) in [5.74, 6) is -0.638. The van der Waals surface area contributed by atoms with Crippen LogP contribution in [0.15, 0.2) is 29.1 Å². The molecule has 0 spiro atoms. The third kappa shape index (κ3) is 3.23. The molecule has 5 nitrogen and oxygen atoms in total. The van der Waals surface area contributed by atoms with Crippen molar-refractivity contribution in [2.24, 2.45) is 0 Å². The number of pyridine rings is 1. The highest BCUT2D eigenvalue weighted by Crippen LogP contribution is 2.20. The van der Waals surface area contributed by atoms with Gasteiger partial charge < -0.3 is 15.2 Å². The van der Waals surface area contributed by atoms with Crippen molar-refractivity contribution in [3.63, 3.8) is 0 Å². The maximum atomic E-state index is 13.3. The highest BCUT2D eigenvalue weighted by atomic mass is 35.5. The van der Waals surface area contributed by atoms with E-state index in [0.717, 1.165) is 0 Å². The molecular formula is C16H19ClFN3O2. The van der Waals surface area contributed by atoms with Crippen molar-refractivity contribution in [2.45, 2.75) is 25.9 Å². The Hall–Kier alpha value is -1.92. The molecule has 7 heteroatoms. The van der Waals surface area contributed by atoms with E-state index in [2.05, 4.69) is 10.3 Å². The molecule has 1 saturated heterocycles. The quantitative estimate of drug-likeness (QED) is 0.834. The summed E-state index contributed by atoms with van der Waals surface area (Å²) in [6, 6.07) is 5.56. The number of fused-ring (bicyclic) bond motifs is 1. The van der Waals surface area contributed by atoms with Crippen LogP contribution in [-0.2, 0) is 0 Å². The standard InChI is InChI=1S/C16H18FN3O2.ClH/c1-9-10(2)20(6-5-18-9)16(22)13-8-15(21)19-14-7-11(17)3-4-12(13)14;/h3-4,7-10,18H,5-6H2,1-2H3,(H,19,21);1H. The molecule has 0 aliphatic carbocycles. The average molecular weight is 340 g/mol. The van der Waals surface area contributed by atoms with Gasteiger partial charge in [-0.15, -0.1) is 12.4 Å². The Morgan fingerprint density at radius 3 is 2.78 bits per heavy atom. The van der Waals surface area contributed by atoms with Crippen LogP contribution in [0.5, 0.6) is 0 Å². The highest BCUT2D eigenvalue weighted by molar-refractivity contribution is 6.06. The van der Waals surface area contributed by atoms with Crippen LogP contribution in [0.25, 0.3) is 10.9 Å². The number of carbonyl (C=O) groups is 1. The molecule has 1 aromatic carbocycles. The van der Waals surface area contributed by atoms with Crippen LogP contribution in [0.4, 0.5) is 4.39 Å². The minimum absolute atomic E-state index is 0. The molecule has 0 radical (unpaired) electrons. The Morgan fingerprint density at radius 1 is 1.30 bits per heavy atom. The Bertz CT molecular complexity index is 792. The van der Waals surface area contributed by atoms with Crippen LogP contribution in [0.1, 0.15) is 24.2 Å². The van der Waals surface area contributed by atoms with Crippen molar-refractivity contribution in [3.05, 3.63) is 46.0 Å². The summed E-state index contributed by atoms with van der Waals surface area (Å²) in [5.41, 5.74) is 0.253. The van der Waals surface area contributed by atoms with Gasteiger partial charge in [0.05, 0.1) is 11.1 Å². The summed E-state index contributed by atoms with van der Waals surface area (Å²) in [4.78, 5) is 29.0. The molecule has 1 aliphatic rings. The zero-order valence-electron chi connectivity index (χ0n) is 12.9. The monoisotopic (exact) mass is 339 g/mol. The molecule has 1 aromatic heterocycles. The Kier molecular flexibility index (Phi) is 5.06. The van der Waals surface area contributed by atoms with Crippen molar-refractivity contribution in [1.29, 1.82) is 0 Å². The van der Waals surface area contributed by atoms with Gasteiger partial charge in [-0.25, -0.2) is 4.39 Å². The molecule has 2 unspecified atom stereocenters. The summed E-state index contributed by atoms with van der Waals surface area (Å²) in [6.07, 6.45) is 0. The number of aromatic nitrogens is 1. The first kappa shape index (κ1) is 17.4. The second kappa shape index (κ2) is 6.68. The largest absolute Gasteiger partial charge is 0.333 e. The normalized spacial score (nSPS) is 21.1. The van der Waals surface area contributed by atoms with Crippen molar-refractivity contribution in [1.82, 2.24) is 15.2 Å². The van der Waals surface area contributed by atoms with E-state index in [4.69, 9.17) is 0 Å². The summed E-state index contributed by atoms with van der Waals surface area (Å²) >= 11 is 0. The topological polar surface area (TPSA) is 65.2 Å². The third-order valence-corrected chi connectivity index (χ3v) is 4.33. The van der Waals surface area contributed by atoms with Gasteiger partial charge in [-0.3, -0.25) is 9.59 Å². The fourth-order valence-corrected chi connectivity index (χ4v) is 2.91. The first-order valence-corrected chi connectivity index (χ1v) is 7.34. The van der Waals surface area contributed by atoms with E-state index >= 15 is 0 Å². The molecule has 1 aliphatic heterocycles. The average Bonchev–Trinajstić information content (AvgIpc) is 2.48. The number of amides is 1. The van der Waals surface area contributed by atoms with Crippen molar-refractivity contribution in [2.75, 3.05) is 13.1 Å². The van der Waals surface area contributed by atoms with Crippen LogP contribution in [0.2, 0.25) is 0 Å². The number of piperazine rings is 1. The van der Waals surface area contributed by atoms with Crippen LogP contribution in [0.3, 0.4) is 0 Å². The number of aromatic amines is 1. The lowest BCUT2D eigenvalue weighted by Gasteiger charge is -2.38. The predicted molar refractivity (Wildman–Crippen MR) is 89.7 cm³/mol. The summed E-state index contributed by atoms with van der Waals surface area (Å²) in [6.45, 7) is 5.30. The summed E-state index contributed by atoms with van der Waals surface area (Å²) < 4.78 is 13.3. The van der Waals surface area contributed by atoms with Crippen molar-refractivity contribution in [3.8, 4) is 0 Å². The van der Waals surface area contributed by atoms with Crippen molar-refractivity contribution < 1.29 is 9.18 Å². The van der Waals surface area contributed by atoms with E-state index in [1.54, 1.807) is 4.90 Å². The second-order valence-corrected chi connectivity index (χ2v) is 5.72. The van der Waals surface area contributed by atoms with Crippen LogP contribution in [0, 0.1) is 5.82 Å². The molecule has 1 amide bonds. The van der Waals surface area contributed by atoms with Gasteiger partial charge in [-0.2, -0.15) is 0 Å². The van der Waals surface area contributed by atoms with E-state index in [9.17, 15) is 14.0 Å². The van der Waals surface area contributed by atoms with E-state index in [0.29, 0.717) is 29.6 Å². The van der Waals surface area contributed by atoms with Crippen LogP contribution < -0.4 is 10.9 Å². The fourth-order valence-electron chi connectivity index (χ4n) is 2.91. The number of nitrogens with one attached hydrogen (secondary N) is 2. The maximum absolute atomic E-state index is 13.3. The molecule has 1 fully saturated rings. The number of H-pyrrole nitrogens is 1. The van der Waals surface area contributed by atoms with Gasteiger partial charge in [-0.1, -0.05) is 0 Å². The number of halogens is 2. The number of benzene rings is 1. The number of carbonyl (C=O) groups excluding carboxylic acids is 1. The molecule has 3 rings (SSSR count). The molecule has 2 atom stereocenters. The number of rotatable bonds is 1. The van der Waals surface area contributed by atoms with Gasteiger partial charge in [0.2, 0.25) is 5.56 Å². The fraction of sp³-hybridized carbons (Fsp3) is 0.375. The minimum atomic E-state index is -0.447. The predicted octanol–water partition coefficient (Wildman–Crippen LogP) is 1.91. The van der Waals surface area contributed by atoms with Crippen molar-refractivity contribution >= 4 is 29.2 Å². The third-order valence-electron chi connectivity index (χ3n) is 4.33. The number of nitrogens with zero attached hydrogens (tertiary/aromatic N) is 1. The highest BCUT2D eigenvalue weighted by Gasteiger charge is 2.29. The van der Waals surface area contributed by atoms with E-state index in [-0.39, 0.29) is 30.4 Å². The van der Waals surface area contributed by atoms with E-state index in [1.165, 1.54) is 24.3 Å². The van der Waals surface area contributed by atoms with Gasteiger partial charge in [0.1, 0.15) is 5.82 Å². The van der Waals surface area contributed by atoms with Crippen LogP contribution in [-0.4, -0.2) is 41.0 Å². The van der Waals surface area contributed by atoms with Gasteiger partial charge in [0, 0.05) is 36.6 Å². The van der Waals surface area contributed by atoms with E-state index in [1.807, 2.05) is 13.8 Å². The molecule has 0 bridgehead atoms. The lowest BCUT2D eigenvalue weighted by molar-refractivity contribution is 0.0605. The second-order valence-electron chi connectivity index (χ2n) is 5.72. The molecule has 2 heterocycles. The minimum Gasteiger partial charge on any atom is -0.333 e. The maximum Gasteiger partial charge on any atom is 0.255 e. The molecule has 23 heavy (non-hydrogen) atoms. The zero-order valence-corrected chi connectivity index (χ0v) is 13.7. The molecule has 2 aromatic rings. The van der Waals surface area contributed by atoms with E-state index < -0.39 is 11.4 Å². The molecule has 2 N–H and O–H groups in total. The Morgan fingerprint density at radius 2 is 2.04 bits per heavy atom.